The molecule has 2 aromatic heterocycles. The van der Waals surface area contributed by atoms with E-state index < -0.39 is 0 Å². The van der Waals surface area contributed by atoms with Gasteiger partial charge < -0.3 is 5.73 Å². The molecular weight excluding hydrogens is 357 g/mol. The average Bonchev–Trinajstić information content (AvgIpc) is 2.98. The number of anilines is 1. The van der Waals surface area contributed by atoms with Crippen LogP contribution >= 0.6 is 33.9 Å². The molecule has 5 heteroatoms. The summed E-state index contributed by atoms with van der Waals surface area (Å²) < 4.78 is 1.18. The van der Waals surface area contributed by atoms with Gasteiger partial charge in [-0.25, -0.2) is 0 Å². The topological polar surface area (TPSA) is 54.7 Å². The Labute approximate surface area is 122 Å². The molecule has 0 saturated carbocycles. The van der Waals surface area contributed by atoms with E-state index in [-0.39, 0.29) is 0 Å². The van der Waals surface area contributed by atoms with Gasteiger partial charge in [0.15, 0.2) is 5.82 Å². The summed E-state index contributed by atoms with van der Waals surface area (Å²) in [7, 11) is 0. The minimum Gasteiger partial charge on any atom is -0.382 e. The minimum atomic E-state index is 0.548. The van der Waals surface area contributed by atoms with E-state index in [2.05, 4.69) is 51.0 Å². The third-order valence-electron chi connectivity index (χ3n) is 2.71. The normalized spacial score (nSPS) is 10.7. The standard InChI is InChI=1S/C13H10IN3S/c14-9-5-2-1-4-8(9)12-11(13(15)17-16-12)10-6-3-7-18-10/h1-7H,(H3,15,16,17). The molecule has 0 bridgehead atoms. The molecule has 0 atom stereocenters. The van der Waals surface area contributed by atoms with E-state index in [1.54, 1.807) is 11.3 Å². The molecule has 0 aliphatic rings. The maximum Gasteiger partial charge on any atom is 0.154 e. The molecule has 3 N–H and O–H groups in total. The van der Waals surface area contributed by atoms with Gasteiger partial charge in [0.1, 0.15) is 0 Å². The Morgan fingerprint density at radius 1 is 1.17 bits per heavy atom. The minimum absolute atomic E-state index is 0.548. The van der Waals surface area contributed by atoms with Crippen LogP contribution in [0.1, 0.15) is 0 Å². The fraction of sp³-hybridized carbons (Fsp3) is 0. The quantitative estimate of drug-likeness (QED) is 0.673. The van der Waals surface area contributed by atoms with Crippen molar-refractivity contribution in [2.45, 2.75) is 0 Å². The summed E-state index contributed by atoms with van der Waals surface area (Å²) in [6.45, 7) is 0. The maximum absolute atomic E-state index is 5.98. The summed E-state index contributed by atoms with van der Waals surface area (Å²) in [5.74, 6) is 0.548. The Kier molecular flexibility index (Phi) is 3.09. The Balaban J connectivity index is 2.23. The van der Waals surface area contributed by atoms with Gasteiger partial charge in [0.25, 0.3) is 0 Å². The van der Waals surface area contributed by atoms with Crippen LogP contribution in [0.25, 0.3) is 21.7 Å². The molecule has 0 amide bonds. The molecule has 0 fully saturated rings. The number of rotatable bonds is 2. The van der Waals surface area contributed by atoms with Gasteiger partial charge in [-0.2, -0.15) is 5.10 Å². The molecule has 18 heavy (non-hydrogen) atoms. The van der Waals surface area contributed by atoms with Gasteiger partial charge in [0.05, 0.1) is 11.3 Å². The van der Waals surface area contributed by atoms with Crippen molar-refractivity contribution in [2.24, 2.45) is 0 Å². The van der Waals surface area contributed by atoms with Gasteiger partial charge >= 0.3 is 0 Å². The second kappa shape index (κ2) is 4.74. The molecule has 0 radical (unpaired) electrons. The average molecular weight is 367 g/mol. The molecule has 0 unspecified atom stereocenters. The summed E-state index contributed by atoms with van der Waals surface area (Å²) in [6.07, 6.45) is 0. The summed E-state index contributed by atoms with van der Waals surface area (Å²) >= 11 is 3.99. The number of aromatic amines is 1. The first-order chi connectivity index (χ1) is 8.77. The number of H-pyrrole nitrogens is 1. The molecule has 0 saturated heterocycles. The van der Waals surface area contributed by atoms with Crippen LogP contribution in [0.5, 0.6) is 0 Å². The van der Waals surface area contributed by atoms with Crippen LogP contribution in [0.3, 0.4) is 0 Å². The molecule has 90 valence electrons. The molecular formula is C13H10IN3S. The van der Waals surface area contributed by atoms with Crippen LogP contribution in [0.2, 0.25) is 0 Å². The van der Waals surface area contributed by atoms with E-state index >= 15 is 0 Å². The van der Waals surface area contributed by atoms with Crippen LogP contribution in [0.15, 0.2) is 41.8 Å². The number of nitrogen functional groups attached to an aromatic ring is 1. The van der Waals surface area contributed by atoms with Gasteiger partial charge in [-0.15, -0.1) is 11.3 Å². The number of benzene rings is 1. The number of nitrogens with one attached hydrogen (secondary N) is 1. The third-order valence-corrected chi connectivity index (χ3v) is 4.53. The van der Waals surface area contributed by atoms with Crippen molar-refractivity contribution in [3.63, 3.8) is 0 Å². The lowest BCUT2D eigenvalue weighted by Gasteiger charge is -2.04. The zero-order valence-corrected chi connectivity index (χ0v) is 12.3. The van der Waals surface area contributed by atoms with E-state index in [0.717, 1.165) is 21.7 Å². The summed E-state index contributed by atoms with van der Waals surface area (Å²) in [5.41, 5.74) is 9.09. The predicted molar refractivity (Wildman–Crippen MR) is 84.5 cm³/mol. The molecule has 0 spiro atoms. The highest BCUT2D eigenvalue weighted by Crippen LogP contribution is 2.38. The van der Waals surface area contributed by atoms with Crippen molar-refractivity contribution in [2.75, 3.05) is 5.73 Å². The van der Waals surface area contributed by atoms with Crippen LogP contribution < -0.4 is 5.73 Å². The largest absolute Gasteiger partial charge is 0.382 e. The zero-order chi connectivity index (χ0) is 12.5. The number of hydrogen-bond donors (Lipinski definition) is 2. The van der Waals surface area contributed by atoms with Crippen molar-refractivity contribution in [3.8, 4) is 21.7 Å². The number of nitrogens with two attached hydrogens (primary N) is 1. The van der Waals surface area contributed by atoms with Gasteiger partial charge in [0.2, 0.25) is 0 Å². The summed E-state index contributed by atoms with van der Waals surface area (Å²) in [4.78, 5) is 1.14. The highest BCUT2D eigenvalue weighted by atomic mass is 127. The lowest BCUT2D eigenvalue weighted by molar-refractivity contribution is 1.10. The first-order valence-corrected chi connectivity index (χ1v) is 7.36. The number of halogens is 1. The van der Waals surface area contributed by atoms with Crippen molar-refractivity contribution in [1.82, 2.24) is 10.2 Å². The van der Waals surface area contributed by atoms with Crippen LogP contribution in [-0.4, -0.2) is 10.2 Å². The number of aromatic nitrogens is 2. The van der Waals surface area contributed by atoms with Gasteiger partial charge in [-0.05, 0) is 40.1 Å². The molecule has 3 aromatic rings. The van der Waals surface area contributed by atoms with Crippen molar-refractivity contribution >= 4 is 39.7 Å². The Bertz CT molecular complexity index is 673. The monoisotopic (exact) mass is 367 g/mol. The second-order valence-electron chi connectivity index (χ2n) is 3.82. The Morgan fingerprint density at radius 2 is 2.00 bits per heavy atom. The van der Waals surface area contributed by atoms with E-state index in [0.29, 0.717) is 5.82 Å². The van der Waals surface area contributed by atoms with E-state index in [4.69, 9.17) is 5.73 Å². The molecule has 3 rings (SSSR count). The molecule has 0 aliphatic carbocycles. The first kappa shape index (κ1) is 11.7. The lowest BCUT2D eigenvalue weighted by atomic mass is 10.1. The van der Waals surface area contributed by atoms with E-state index in [1.165, 1.54) is 3.57 Å². The van der Waals surface area contributed by atoms with Crippen LogP contribution in [0, 0.1) is 3.57 Å². The highest BCUT2D eigenvalue weighted by molar-refractivity contribution is 14.1. The Morgan fingerprint density at radius 3 is 2.72 bits per heavy atom. The maximum atomic E-state index is 5.98. The van der Waals surface area contributed by atoms with Gasteiger partial charge in [-0.1, -0.05) is 24.3 Å². The second-order valence-corrected chi connectivity index (χ2v) is 5.93. The summed E-state index contributed by atoms with van der Waals surface area (Å²) in [5, 5.41) is 9.24. The van der Waals surface area contributed by atoms with Crippen LogP contribution in [-0.2, 0) is 0 Å². The first-order valence-electron chi connectivity index (χ1n) is 5.40. The smallest absolute Gasteiger partial charge is 0.154 e. The predicted octanol–water partition coefficient (Wildman–Crippen LogP) is 3.99. The van der Waals surface area contributed by atoms with Crippen LogP contribution in [0.4, 0.5) is 5.82 Å². The summed E-state index contributed by atoms with van der Waals surface area (Å²) in [6, 6.07) is 12.3. The molecule has 0 aliphatic heterocycles. The number of hydrogen-bond acceptors (Lipinski definition) is 3. The lowest BCUT2D eigenvalue weighted by Crippen LogP contribution is -1.88. The van der Waals surface area contributed by atoms with Crippen molar-refractivity contribution < 1.29 is 0 Å². The van der Waals surface area contributed by atoms with Gasteiger partial charge in [-0.3, -0.25) is 5.10 Å². The van der Waals surface area contributed by atoms with E-state index in [1.807, 2.05) is 23.6 Å². The Hall–Kier alpha value is -1.34. The van der Waals surface area contributed by atoms with Crippen molar-refractivity contribution in [1.29, 1.82) is 0 Å². The van der Waals surface area contributed by atoms with E-state index in [9.17, 15) is 0 Å². The number of thiophene rings is 1. The highest BCUT2D eigenvalue weighted by Gasteiger charge is 2.16. The third kappa shape index (κ3) is 1.93. The molecule has 3 nitrogen and oxygen atoms in total. The number of nitrogens with zero attached hydrogens (tertiary/aromatic N) is 1. The van der Waals surface area contributed by atoms with Crippen molar-refractivity contribution in [3.05, 3.63) is 45.3 Å². The SMILES string of the molecule is Nc1n[nH]c(-c2ccccc2I)c1-c1cccs1. The fourth-order valence-electron chi connectivity index (χ4n) is 1.89. The van der Waals surface area contributed by atoms with Gasteiger partial charge in [0, 0.05) is 14.0 Å². The zero-order valence-electron chi connectivity index (χ0n) is 9.35. The fourth-order valence-corrected chi connectivity index (χ4v) is 3.33. The molecule has 2 heterocycles. The molecule has 1 aromatic carbocycles.